The first-order chi connectivity index (χ1) is 17.8. The first kappa shape index (κ1) is 26.6. The molecule has 1 aliphatic heterocycles. The summed E-state index contributed by atoms with van der Waals surface area (Å²) in [7, 11) is 4.32. The van der Waals surface area contributed by atoms with Crippen molar-refractivity contribution in [2.24, 2.45) is 28.4 Å². The number of carbonyl (C=O) groups is 1. The number of fused-ring (bicyclic) bond motifs is 2. The third-order valence-electron chi connectivity index (χ3n) is 12.2. The second-order valence-electron chi connectivity index (χ2n) is 15.0. The fourth-order valence-electron chi connectivity index (χ4n) is 9.77. The van der Waals surface area contributed by atoms with Crippen molar-refractivity contribution in [1.82, 2.24) is 0 Å². The maximum absolute atomic E-state index is 12.6. The lowest BCUT2D eigenvalue weighted by molar-refractivity contribution is -0.944. The summed E-state index contributed by atoms with van der Waals surface area (Å²) in [6.07, 6.45) is 7.46. The van der Waals surface area contributed by atoms with Crippen LogP contribution in [0, 0.1) is 22.7 Å². The lowest BCUT2D eigenvalue weighted by Crippen LogP contribution is -2.77. The number of hydrogen-bond donors (Lipinski definition) is 2. The van der Waals surface area contributed by atoms with E-state index in [4.69, 9.17) is 15.2 Å². The maximum Gasteiger partial charge on any atom is 0.252 e. The Hall–Kier alpha value is -1.63. The summed E-state index contributed by atoms with van der Waals surface area (Å²) in [5.41, 5.74) is 6.97. The number of aliphatic hydroxyl groups is 1. The van der Waals surface area contributed by atoms with Gasteiger partial charge < -0.3 is 24.8 Å². The fourth-order valence-corrected chi connectivity index (χ4v) is 9.77. The smallest absolute Gasteiger partial charge is 0.252 e. The largest absolute Gasteiger partial charge is 0.486 e. The van der Waals surface area contributed by atoms with Gasteiger partial charge in [-0.05, 0) is 62.5 Å². The highest BCUT2D eigenvalue weighted by Gasteiger charge is 2.77. The van der Waals surface area contributed by atoms with E-state index in [1.54, 1.807) is 7.11 Å². The molecule has 1 aromatic rings. The molecule has 6 heteroatoms. The monoisotopic (exact) mass is 525 g/mol. The molecule has 1 heterocycles. The molecular formula is C32H49N2O4+. The highest BCUT2D eigenvalue weighted by Crippen LogP contribution is 2.73. The van der Waals surface area contributed by atoms with Crippen LogP contribution in [-0.2, 0) is 11.2 Å². The Labute approximate surface area is 228 Å². The number of methoxy groups -OCH3 is 1. The summed E-state index contributed by atoms with van der Waals surface area (Å²) in [5, 5.41) is 12.3. The van der Waals surface area contributed by atoms with Gasteiger partial charge in [-0.25, -0.2) is 0 Å². The van der Waals surface area contributed by atoms with Gasteiger partial charge in [0.1, 0.15) is 17.5 Å². The summed E-state index contributed by atoms with van der Waals surface area (Å²) < 4.78 is 14.6. The van der Waals surface area contributed by atoms with E-state index in [-0.39, 0.29) is 28.8 Å². The molecule has 1 amide bonds. The van der Waals surface area contributed by atoms with Gasteiger partial charge in [0, 0.05) is 42.3 Å². The Bertz CT molecular complexity index is 1150. The Morgan fingerprint density at radius 3 is 2.53 bits per heavy atom. The molecule has 4 saturated carbocycles. The molecule has 4 fully saturated rings. The first-order valence-corrected chi connectivity index (χ1v) is 15.0. The predicted molar refractivity (Wildman–Crippen MR) is 148 cm³/mol. The minimum Gasteiger partial charge on any atom is -0.486 e. The molecule has 3 N–H and O–H groups in total. The Balaban J connectivity index is 1.59. The average molecular weight is 526 g/mol. The van der Waals surface area contributed by atoms with Crippen LogP contribution in [0.25, 0.3) is 0 Å². The molecule has 8 atom stereocenters. The molecular weight excluding hydrogens is 476 g/mol. The van der Waals surface area contributed by atoms with Crippen LogP contribution < -0.4 is 10.5 Å². The van der Waals surface area contributed by atoms with Gasteiger partial charge in [-0.2, -0.15) is 0 Å². The zero-order valence-corrected chi connectivity index (χ0v) is 24.6. The quantitative estimate of drug-likeness (QED) is 0.478. The molecule has 5 aliphatic carbocycles. The van der Waals surface area contributed by atoms with Crippen molar-refractivity contribution in [2.45, 2.75) is 109 Å². The van der Waals surface area contributed by atoms with Crippen LogP contribution in [0.15, 0.2) is 12.1 Å². The molecule has 0 saturated heterocycles. The number of likely N-dealkylation sites (N-methyl/N-ethyl adjacent to an activating group) is 1. The Morgan fingerprint density at radius 2 is 1.95 bits per heavy atom. The van der Waals surface area contributed by atoms with Gasteiger partial charge in [-0.15, -0.1) is 0 Å². The normalized spacial score (nSPS) is 38.2. The van der Waals surface area contributed by atoms with Crippen molar-refractivity contribution in [3.63, 3.8) is 0 Å². The molecule has 38 heavy (non-hydrogen) atoms. The van der Waals surface area contributed by atoms with E-state index in [0.717, 1.165) is 42.5 Å². The van der Waals surface area contributed by atoms with Crippen molar-refractivity contribution >= 4 is 5.91 Å². The third-order valence-corrected chi connectivity index (χ3v) is 12.2. The Morgan fingerprint density at radius 1 is 1.24 bits per heavy atom. The molecule has 1 spiro atoms. The molecule has 2 unspecified atom stereocenters. The van der Waals surface area contributed by atoms with Gasteiger partial charge in [0.05, 0.1) is 37.3 Å². The number of ether oxygens (including phenoxy) is 2. The second kappa shape index (κ2) is 8.20. The predicted octanol–water partition coefficient (Wildman–Crippen LogP) is 4.80. The van der Waals surface area contributed by atoms with Gasteiger partial charge in [0.2, 0.25) is 0 Å². The summed E-state index contributed by atoms with van der Waals surface area (Å²) in [6, 6.07) is 4.48. The van der Waals surface area contributed by atoms with Crippen LogP contribution >= 0.6 is 0 Å². The number of carbonyl (C=O) groups excluding carboxylic acids is 1. The third kappa shape index (κ3) is 3.32. The number of benzene rings is 1. The number of nitrogens with two attached hydrogens (primary N) is 1. The molecule has 0 aromatic heterocycles. The van der Waals surface area contributed by atoms with Gasteiger partial charge in [0.15, 0.2) is 0 Å². The number of primary amides is 1. The minimum atomic E-state index is -0.957. The van der Waals surface area contributed by atoms with Crippen molar-refractivity contribution < 1.29 is 23.9 Å². The molecule has 0 radical (unpaired) electrons. The van der Waals surface area contributed by atoms with E-state index in [2.05, 4.69) is 40.8 Å². The van der Waals surface area contributed by atoms with Crippen molar-refractivity contribution in [1.29, 1.82) is 0 Å². The van der Waals surface area contributed by atoms with Gasteiger partial charge >= 0.3 is 0 Å². The SMILES string of the molecule is CCC[N@+](C)(CC1CC1)[C@@H]1Cc2ccc(C(N)=O)c3c2C2[C@@H](O3)[C@@]3(OC)CC[C@]21C[C@@H]3C(C)(O)C(C)(C)C. The van der Waals surface area contributed by atoms with Gasteiger partial charge in [0.25, 0.3) is 5.91 Å². The zero-order valence-electron chi connectivity index (χ0n) is 24.6. The summed E-state index contributed by atoms with van der Waals surface area (Å²) in [6.45, 7) is 13.2. The van der Waals surface area contributed by atoms with Crippen LogP contribution in [0.1, 0.15) is 101 Å². The van der Waals surface area contributed by atoms with Crippen LogP contribution in [0.2, 0.25) is 0 Å². The van der Waals surface area contributed by atoms with E-state index in [0.29, 0.717) is 17.4 Å². The van der Waals surface area contributed by atoms with E-state index >= 15 is 0 Å². The number of hydrogen-bond acceptors (Lipinski definition) is 4. The summed E-state index contributed by atoms with van der Waals surface area (Å²) in [5.74, 6) is 1.15. The molecule has 1 aromatic carbocycles. The Kier molecular flexibility index (Phi) is 5.74. The molecule has 210 valence electrons. The summed E-state index contributed by atoms with van der Waals surface area (Å²) in [4.78, 5) is 12.6. The molecule has 7 rings (SSSR count). The molecule has 2 bridgehead atoms. The summed E-state index contributed by atoms with van der Waals surface area (Å²) >= 11 is 0. The van der Waals surface area contributed by atoms with E-state index in [9.17, 15) is 9.90 Å². The van der Waals surface area contributed by atoms with Crippen molar-refractivity contribution in [2.75, 3.05) is 27.2 Å². The topological polar surface area (TPSA) is 81.8 Å². The van der Waals surface area contributed by atoms with Crippen LogP contribution in [-0.4, -0.2) is 66.1 Å². The maximum atomic E-state index is 12.6. The minimum absolute atomic E-state index is 0.0296. The van der Waals surface area contributed by atoms with Crippen molar-refractivity contribution in [3.05, 3.63) is 28.8 Å². The van der Waals surface area contributed by atoms with Gasteiger partial charge in [-0.1, -0.05) is 33.8 Å². The van der Waals surface area contributed by atoms with Gasteiger partial charge in [-0.3, -0.25) is 4.79 Å². The van der Waals surface area contributed by atoms with Crippen LogP contribution in [0.4, 0.5) is 0 Å². The highest BCUT2D eigenvalue weighted by molar-refractivity contribution is 5.96. The average Bonchev–Trinajstić information content (AvgIpc) is 3.55. The zero-order chi connectivity index (χ0) is 27.5. The standard InChI is InChI=1S/C32H48N2O4/c1-8-15-34(6,18-19-9-10-19)23-16-20-11-12-21(28(33)35)26-24(20)25-27(38-26)32(37-7)14-13-31(23,25)17-22(32)30(5,36)29(2,3)4/h11-12,19,22-23,25,27,36H,8-10,13-18H2,1-7H3,(H-,33,35)/p+1/t22-,23-,25?,27-,30?,31-,32-,34-/m1/s1. The fraction of sp³-hybridized carbons (Fsp3) is 0.781. The van der Waals surface area contributed by atoms with E-state index in [1.165, 1.54) is 37.1 Å². The number of quaternary nitrogens is 1. The first-order valence-electron chi connectivity index (χ1n) is 15.0. The molecule has 6 aliphatic rings. The number of rotatable bonds is 8. The number of amides is 1. The molecule has 6 nitrogen and oxygen atoms in total. The van der Waals surface area contributed by atoms with Crippen LogP contribution in [0.5, 0.6) is 5.75 Å². The second-order valence-corrected chi connectivity index (χ2v) is 15.0. The van der Waals surface area contributed by atoms with E-state index in [1.807, 2.05) is 13.0 Å². The van der Waals surface area contributed by atoms with E-state index < -0.39 is 17.1 Å². The number of nitrogens with zero attached hydrogens (tertiary/aromatic N) is 1. The van der Waals surface area contributed by atoms with Crippen molar-refractivity contribution in [3.8, 4) is 5.75 Å². The lowest BCUT2D eigenvalue weighted by atomic mass is 9.40. The van der Waals surface area contributed by atoms with Crippen LogP contribution in [0.3, 0.4) is 0 Å². The highest BCUT2D eigenvalue weighted by atomic mass is 16.6. The lowest BCUT2D eigenvalue weighted by Gasteiger charge is -2.69.